The van der Waals surface area contributed by atoms with Crippen LogP contribution in [0.2, 0.25) is 0 Å². The molecule has 8 heteroatoms. The maximum Gasteiger partial charge on any atom is 0.229 e. The predicted octanol–water partition coefficient (Wildman–Crippen LogP) is 2.79. The number of amides is 2. The summed E-state index contributed by atoms with van der Waals surface area (Å²) in [6, 6.07) is 8.40. The number of hydrogen-bond donors (Lipinski definition) is 1. The minimum Gasteiger partial charge on any atom is -0.489 e. The number of halogens is 2. The molecular formula is C20H19F2N3O3. The highest BCUT2D eigenvalue weighted by molar-refractivity contribution is 6.03. The van der Waals surface area contributed by atoms with Crippen LogP contribution in [0.1, 0.15) is 6.42 Å². The van der Waals surface area contributed by atoms with Crippen molar-refractivity contribution in [1.82, 2.24) is 0 Å². The number of nitrogens with one attached hydrogen (secondary N) is 1. The van der Waals surface area contributed by atoms with Gasteiger partial charge in [-0.1, -0.05) is 0 Å². The molecule has 146 valence electrons. The zero-order chi connectivity index (χ0) is 19.8. The van der Waals surface area contributed by atoms with Crippen LogP contribution in [0.25, 0.3) is 0 Å². The quantitative estimate of drug-likeness (QED) is 0.880. The maximum absolute atomic E-state index is 14.0. The van der Waals surface area contributed by atoms with Crippen molar-refractivity contribution in [3.8, 4) is 5.75 Å². The van der Waals surface area contributed by atoms with Crippen LogP contribution in [0.3, 0.4) is 0 Å². The number of hydrogen-bond acceptors (Lipinski definition) is 4. The van der Waals surface area contributed by atoms with Crippen molar-refractivity contribution in [2.45, 2.75) is 6.42 Å². The highest BCUT2D eigenvalue weighted by atomic mass is 19.1. The monoisotopic (exact) mass is 387 g/mol. The van der Waals surface area contributed by atoms with E-state index in [2.05, 4.69) is 10.2 Å². The second kappa shape index (κ2) is 7.10. The molecule has 1 unspecified atom stereocenters. The lowest BCUT2D eigenvalue weighted by molar-refractivity contribution is -0.122. The standard InChI is InChI=1S/C20H19F2N3O3/c1-24-6-7-28-18-10-14(3-5-17(18)24)23-20(27)12-8-19(26)25(11-12)16-4-2-13(21)9-15(16)22/h2-5,9-10,12H,6-8,11H2,1H3,(H,23,27). The first-order valence-corrected chi connectivity index (χ1v) is 8.96. The molecule has 2 aromatic rings. The van der Waals surface area contributed by atoms with E-state index in [1.807, 2.05) is 13.1 Å². The van der Waals surface area contributed by atoms with Crippen LogP contribution in [0.4, 0.5) is 25.8 Å². The van der Waals surface area contributed by atoms with E-state index in [0.29, 0.717) is 18.0 Å². The lowest BCUT2D eigenvalue weighted by atomic mass is 10.1. The summed E-state index contributed by atoms with van der Waals surface area (Å²) in [5.74, 6) is -2.20. The number of rotatable bonds is 3. The second-order valence-electron chi connectivity index (χ2n) is 6.94. The van der Waals surface area contributed by atoms with E-state index in [1.54, 1.807) is 12.1 Å². The zero-order valence-electron chi connectivity index (χ0n) is 15.2. The van der Waals surface area contributed by atoms with Crippen LogP contribution in [-0.2, 0) is 9.59 Å². The number of likely N-dealkylation sites (N-methyl/N-ethyl adjacent to an activating group) is 1. The van der Waals surface area contributed by atoms with Gasteiger partial charge in [0.05, 0.1) is 23.8 Å². The van der Waals surface area contributed by atoms with Gasteiger partial charge in [-0.05, 0) is 24.3 Å². The second-order valence-corrected chi connectivity index (χ2v) is 6.94. The van der Waals surface area contributed by atoms with Crippen molar-refractivity contribution in [1.29, 1.82) is 0 Å². The molecule has 4 rings (SSSR count). The van der Waals surface area contributed by atoms with E-state index >= 15 is 0 Å². The number of anilines is 3. The van der Waals surface area contributed by atoms with Gasteiger partial charge < -0.3 is 19.9 Å². The third-order valence-corrected chi connectivity index (χ3v) is 5.02. The summed E-state index contributed by atoms with van der Waals surface area (Å²) in [5, 5.41) is 2.80. The Hall–Kier alpha value is -3.16. The first kappa shape index (κ1) is 18.2. The first-order valence-electron chi connectivity index (χ1n) is 8.96. The topological polar surface area (TPSA) is 61.9 Å². The van der Waals surface area contributed by atoms with E-state index in [1.165, 1.54) is 11.0 Å². The number of carbonyl (C=O) groups excluding carboxylic acids is 2. The van der Waals surface area contributed by atoms with Gasteiger partial charge in [-0.2, -0.15) is 0 Å². The van der Waals surface area contributed by atoms with Crippen molar-refractivity contribution >= 4 is 28.9 Å². The Kier molecular flexibility index (Phi) is 4.62. The fraction of sp³-hybridized carbons (Fsp3) is 0.300. The SMILES string of the molecule is CN1CCOc2cc(NC(=O)C3CC(=O)N(c4ccc(F)cc4F)C3)ccc21. The molecule has 0 saturated carbocycles. The molecule has 0 aromatic heterocycles. The van der Waals surface area contributed by atoms with Crippen LogP contribution < -0.4 is 19.9 Å². The molecule has 0 radical (unpaired) electrons. The summed E-state index contributed by atoms with van der Waals surface area (Å²) in [6.45, 7) is 1.40. The molecule has 6 nitrogen and oxygen atoms in total. The molecule has 2 amide bonds. The Morgan fingerprint density at radius 1 is 1.18 bits per heavy atom. The average molecular weight is 387 g/mol. The minimum absolute atomic E-state index is 0.0214. The van der Waals surface area contributed by atoms with Gasteiger partial charge >= 0.3 is 0 Å². The van der Waals surface area contributed by atoms with E-state index in [9.17, 15) is 18.4 Å². The molecule has 0 aliphatic carbocycles. The summed E-state index contributed by atoms with van der Waals surface area (Å²) < 4.78 is 32.7. The van der Waals surface area contributed by atoms with Crippen molar-refractivity contribution in [3.63, 3.8) is 0 Å². The third-order valence-electron chi connectivity index (χ3n) is 5.02. The van der Waals surface area contributed by atoms with Crippen molar-refractivity contribution < 1.29 is 23.1 Å². The van der Waals surface area contributed by atoms with E-state index in [-0.39, 0.29) is 30.5 Å². The third kappa shape index (κ3) is 3.37. The van der Waals surface area contributed by atoms with Crippen LogP contribution in [0.15, 0.2) is 36.4 Å². The lowest BCUT2D eigenvalue weighted by Gasteiger charge is -2.28. The fourth-order valence-corrected chi connectivity index (χ4v) is 3.50. The lowest BCUT2D eigenvalue weighted by Crippen LogP contribution is -2.29. The Balaban J connectivity index is 1.47. The van der Waals surface area contributed by atoms with Crippen LogP contribution in [-0.4, -0.2) is 38.6 Å². The average Bonchev–Trinajstić information content (AvgIpc) is 3.03. The van der Waals surface area contributed by atoms with E-state index in [0.717, 1.165) is 24.4 Å². The Bertz CT molecular complexity index is 950. The zero-order valence-corrected chi connectivity index (χ0v) is 15.2. The molecule has 2 aliphatic heterocycles. The Morgan fingerprint density at radius 3 is 2.75 bits per heavy atom. The highest BCUT2D eigenvalue weighted by Crippen LogP contribution is 2.34. The number of fused-ring (bicyclic) bond motifs is 1. The van der Waals surface area contributed by atoms with Gasteiger partial charge in [-0.15, -0.1) is 0 Å². The van der Waals surface area contributed by atoms with Crippen molar-refractivity contribution in [2.24, 2.45) is 5.92 Å². The summed E-state index contributed by atoms with van der Waals surface area (Å²) in [4.78, 5) is 28.1. The van der Waals surface area contributed by atoms with Crippen LogP contribution >= 0.6 is 0 Å². The molecule has 0 bridgehead atoms. The van der Waals surface area contributed by atoms with Gasteiger partial charge in [-0.25, -0.2) is 8.78 Å². The Labute approximate surface area is 160 Å². The smallest absolute Gasteiger partial charge is 0.229 e. The van der Waals surface area contributed by atoms with Gasteiger partial charge in [0.2, 0.25) is 11.8 Å². The molecule has 1 N–H and O–H groups in total. The molecule has 2 aliphatic rings. The van der Waals surface area contributed by atoms with Crippen molar-refractivity contribution in [2.75, 3.05) is 41.9 Å². The highest BCUT2D eigenvalue weighted by Gasteiger charge is 2.36. The number of nitrogens with zero attached hydrogens (tertiary/aromatic N) is 2. The summed E-state index contributed by atoms with van der Waals surface area (Å²) in [6.07, 6.45) is -0.0349. The van der Waals surface area contributed by atoms with Gasteiger partial charge in [0, 0.05) is 37.8 Å². The predicted molar refractivity (Wildman–Crippen MR) is 101 cm³/mol. The number of carbonyl (C=O) groups is 2. The van der Waals surface area contributed by atoms with Crippen LogP contribution in [0.5, 0.6) is 5.75 Å². The number of benzene rings is 2. The molecule has 2 heterocycles. The summed E-state index contributed by atoms with van der Waals surface area (Å²) >= 11 is 0. The normalized spacial score (nSPS) is 18.7. The van der Waals surface area contributed by atoms with E-state index < -0.39 is 17.6 Å². The van der Waals surface area contributed by atoms with Crippen LogP contribution in [0, 0.1) is 17.6 Å². The van der Waals surface area contributed by atoms with Gasteiger partial charge in [0.25, 0.3) is 0 Å². The largest absolute Gasteiger partial charge is 0.489 e. The molecule has 1 saturated heterocycles. The maximum atomic E-state index is 14.0. The molecule has 1 atom stereocenters. The minimum atomic E-state index is -0.828. The Morgan fingerprint density at radius 2 is 1.96 bits per heavy atom. The molecule has 1 fully saturated rings. The molecule has 28 heavy (non-hydrogen) atoms. The van der Waals surface area contributed by atoms with Gasteiger partial charge in [0.1, 0.15) is 24.0 Å². The fourth-order valence-electron chi connectivity index (χ4n) is 3.50. The number of ether oxygens (including phenoxy) is 1. The van der Waals surface area contributed by atoms with Gasteiger partial charge in [0.15, 0.2) is 0 Å². The van der Waals surface area contributed by atoms with Gasteiger partial charge in [-0.3, -0.25) is 9.59 Å². The molecule has 2 aromatic carbocycles. The summed E-state index contributed by atoms with van der Waals surface area (Å²) in [7, 11) is 1.97. The molecular weight excluding hydrogens is 368 g/mol. The first-order chi connectivity index (χ1) is 13.4. The van der Waals surface area contributed by atoms with E-state index in [4.69, 9.17) is 4.74 Å². The summed E-state index contributed by atoms with van der Waals surface area (Å²) in [5.41, 5.74) is 1.49. The van der Waals surface area contributed by atoms with Crippen molar-refractivity contribution in [3.05, 3.63) is 48.0 Å². The molecule has 0 spiro atoms.